The van der Waals surface area contributed by atoms with Crippen molar-refractivity contribution in [3.05, 3.63) is 34.9 Å². The molecule has 0 radical (unpaired) electrons. The second-order valence-corrected chi connectivity index (χ2v) is 5.13. The fourth-order valence-electron chi connectivity index (χ4n) is 2.47. The largest absolute Gasteiger partial charge is 0.350 e. The summed E-state index contributed by atoms with van der Waals surface area (Å²) in [6, 6.07) is 6.17. The molecule has 0 bridgehead atoms. The molecule has 0 aromatic heterocycles. The Morgan fingerprint density at radius 2 is 2.05 bits per heavy atom. The Kier molecular flexibility index (Phi) is 4.55. The highest BCUT2D eigenvalue weighted by atomic mass is 16.2. The van der Waals surface area contributed by atoms with E-state index >= 15 is 0 Å². The van der Waals surface area contributed by atoms with E-state index in [1.54, 1.807) is 0 Å². The number of nitrogens with one attached hydrogen (secondary N) is 1. The molecule has 4 nitrogen and oxygen atoms in total. The lowest BCUT2D eigenvalue weighted by Gasteiger charge is -2.16. The van der Waals surface area contributed by atoms with Crippen molar-refractivity contribution in [1.82, 2.24) is 5.43 Å². The van der Waals surface area contributed by atoms with Gasteiger partial charge in [-0.1, -0.05) is 18.2 Å². The lowest BCUT2D eigenvalue weighted by molar-refractivity contribution is 0.249. The monoisotopic (exact) mass is 259 g/mol. The van der Waals surface area contributed by atoms with Crippen LogP contribution in [0.5, 0.6) is 0 Å². The number of carbonyl (C=O) groups excluding carboxylic acids is 1. The molecule has 0 atom stereocenters. The van der Waals surface area contributed by atoms with E-state index < -0.39 is 6.03 Å². The van der Waals surface area contributed by atoms with Gasteiger partial charge in [0.1, 0.15) is 0 Å². The predicted molar refractivity (Wildman–Crippen MR) is 77.2 cm³/mol. The highest BCUT2D eigenvalue weighted by Gasteiger charge is 2.09. The van der Waals surface area contributed by atoms with Crippen molar-refractivity contribution >= 4 is 11.7 Å². The van der Waals surface area contributed by atoms with Crippen LogP contribution in [0.3, 0.4) is 0 Å². The molecule has 0 aliphatic heterocycles. The molecule has 2 rings (SSSR count). The summed E-state index contributed by atoms with van der Waals surface area (Å²) in [5.74, 6) is 0. The molecule has 0 unspecified atom stereocenters. The lowest BCUT2D eigenvalue weighted by Crippen LogP contribution is -2.25. The zero-order chi connectivity index (χ0) is 13.7. The van der Waals surface area contributed by atoms with Crippen LogP contribution in [0.4, 0.5) is 4.79 Å². The number of rotatable bonds is 4. The standard InChI is InChI=1S/C15H21N3O/c1-11(17-18-15(16)19)6-7-12-8-9-13-4-2-3-5-14(13)10-12/h8-10H,2-7H2,1H3,(H3,16,18,19)/b17-11+. The summed E-state index contributed by atoms with van der Waals surface area (Å²) in [6.45, 7) is 1.90. The van der Waals surface area contributed by atoms with Crippen molar-refractivity contribution < 1.29 is 4.79 Å². The van der Waals surface area contributed by atoms with Gasteiger partial charge in [-0.25, -0.2) is 10.2 Å². The van der Waals surface area contributed by atoms with Crippen molar-refractivity contribution in [2.45, 2.75) is 45.4 Å². The summed E-state index contributed by atoms with van der Waals surface area (Å²) in [7, 11) is 0. The maximum absolute atomic E-state index is 10.5. The fraction of sp³-hybridized carbons (Fsp3) is 0.467. The molecule has 1 aliphatic carbocycles. The lowest BCUT2D eigenvalue weighted by atomic mass is 9.89. The quantitative estimate of drug-likeness (QED) is 0.633. The molecule has 1 aromatic carbocycles. The van der Waals surface area contributed by atoms with Gasteiger partial charge in [-0.2, -0.15) is 5.10 Å². The third-order valence-electron chi connectivity index (χ3n) is 3.55. The molecule has 0 fully saturated rings. The Bertz CT molecular complexity index is 494. The van der Waals surface area contributed by atoms with Crippen LogP contribution in [0.1, 0.15) is 42.9 Å². The Balaban J connectivity index is 1.92. The van der Waals surface area contributed by atoms with Crippen molar-refractivity contribution in [1.29, 1.82) is 0 Å². The summed E-state index contributed by atoms with van der Waals surface area (Å²) in [5.41, 5.74) is 12.5. The number of carbonyl (C=O) groups is 1. The summed E-state index contributed by atoms with van der Waals surface area (Å²) in [4.78, 5) is 10.5. The molecule has 1 aromatic rings. The van der Waals surface area contributed by atoms with Crippen LogP contribution in [0.15, 0.2) is 23.3 Å². The van der Waals surface area contributed by atoms with Crippen molar-refractivity contribution in [2.24, 2.45) is 10.8 Å². The summed E-state index contributed by atoms with van der Waals surface area (Å²) in [5, 5.41) is 3.92. The van der Waals surface area contributed by atoms with Gasteiger partial charge in [-0.05, 0) is 62.1 Å². The number of hydrazone groups is 1. The molecular formula is C15H21N3O. The summed E-state index contributed by atoms with van der Waals surface area (Å²) >= 11 is 0. The maximum atomic E-state index is 10.5. The molecule has 4 heteroatoms. The number of hydrogen-bond donors (Lipinski definition) is 2. The molecule has 0 heterocycles. The summed E-state index contributed by atoms with van der Waals surface area (Å²) < 4.78 is 0. The predicted octanol–water partition coefficient (Wildman–Crippen LogP) is 2.54. The van der Waals surface area contributed by atoms with E-state index in [0.717, 1.165) is 18.6 Å². The molecule has 19 heavy (non-hydrogen) atoms. The zero-order valence-electron chi connectivity index (χ0n) is 11.4. The second kappa shape index (κ2) is 6.36. The van der Waals surface area contributed by atoms with Gasteiger partial charge in [-0.3, -0.25) is 0 Å². The minimum absolute atomic E-state index is 0.617. The average molecular weight is 259 g/mol. The number of amides is 2. The fourth-order valence-corrected chi connectivity index (χ4v) is 2.47. The highest BCUT2D eigenvalue weighted by Crippen LogP contribution is 2.22. The Morgan fingerprint density at radius 1 is 1.32 bits per heavy atom. The molecule has 0 spiro atoms. The third kappa shape index (κ3) is 4.09. The number of benzene rings is 1. The smallest absolute Gasteiger partial charge is 0.332 e. The number of hydrogen-bond acceptors (Lipinski definition) is 2. The Labute approximate surface area is 114 Å². The zero-order valence-corrected chi connectivity index (χ0v) is 11.4. The van der Waals surface area contributed by atoms with Gasteiger partial charge in [0.15, 0.2) is 0 Å². The average Bonchev–Trinajstić information content (AvgIpc) is 2.42. The second-order valence-electron chi connectivity index (χ2n) is 5.13. The molecular weight excluding hydrogens is 238 g/mol. The van der Waals surface area contributed by atoms with E-state index in [2.05, 4.69) is 28.7 Å². The molecule has 1 aliphatic rings. The van der Waals surface area contributed by atoms with E-state index in [1.807, 2.05) is 6.92 Å². The first kappa shape index (κ1) is 13.6. The van der Waals surface area contributed by atoms with Crippen LogP contribution < -0.4 is 11.2 Å². The van der Waals surface area contributed by atoms with Crippen LogP contribution in [-0.4, -0.2) is 11.7 Å². The molecule has 0 saturated carbocycles. The third-order valence-corrected chi connectivity index (χ3v) is 3.55. The maximum Gasteiger partial charge on any atom is 0.332 e. The topological polar surface area (TPSA) is 67.5 Å². The number of aryl methyl sites for hydroxylation is 3. The van der Waals surface area contributed by atoms with Gasteiger partial charge >= 0.3 is 6.03 Å². The number of nitrogens with two attached hydrogens (primary N) is 1. The van der Waals surface area contributed by atoms with E-state index in [-0.39, 0.29) is 0 Å². The van der Waals surface area contributed by atoms with E-state index in [4.69, 9.17) is 5.73 Å². The highest BCUT2D eigenvalue weighted by molar-refractivity contribution is 5.83. The first-order valence-corrected chi connectivity index (χ1v) is 6.84. The van der Waals surface area contributed by atoms with E-state index in [0.29, 0.717) is 0 Å². The normalized spacial score (nSPS) is 14.9. The summed E-state index contributed by atoms with van der Waals surface area (Å²) in [6.07, 6.45) is 6.83. The van der Waals surface area contributed by atoms with Crippen molar-refractivity contribution in [3.8, 4) is 0 Å². The number of urea groups is 1. The minimum atomic E-state index is -0.617. The Hall–Kier alpha value is -1.84. The van der Waals surface area contributed by atoms with Gasteiger partial charge in [0.05, 0.1) is 0 Å². The van der Waals surface area contributed by atoms with Crippen molar-refractivity contribution in [3.63, 3.8) is 0 Å². The minimum Gasteiger partial charge on any atom is -0.350 e. The molecule has 3 N–H and O–H groups in total. The van der Waals surface area contributed by atoms with Crippen LogP contribution in [0.25, 0.3) is 0 Å². The van der Waals surface area contributed by atoms with Crippen molar-refractivity contribution in [2.75, 3.05) is 0 Å². The van der Waals surface area contributed by atoms with E-state index in [1.165, 1.54) is 42.4 Å². The van der Waals surface area contributed by atoms with Crippen LogP contribution in [-0.2, 0) is 19.3 Å². The van der Waals surface area contributed by atoms with Crippen LogP contribution in [0.2, 0.25) is 0 Å². The van der Waals surface area contributed by atoms with Crippen LogP contribution in [0, 0.1) is 0 Å². The Morgan fingerprint density at radius 3 is 2.79 bits per heavy atom. The SMILES string of the molecule is C/C(CCc1ccc2c(c1)CCCC2)=N\NC(N)=O. The first-order chi connectivity index (χ1) is 9.15. The first-order valence-electron chi connectivity index (χ1n) is 6.84. The molecule has 0 saturated heterocycles. The van der Waals surface area contributed by atoms with Gasteiger partial charge < -0.3 is 5.73 Å². The van der Waals surface area contributed by atoms with E-state index in [9.17, 15) is 4.79 Å². The number of primary amides is 1. The van der Waals surface area contributed by atoms with Gasteiger partial charge in [0.2, 0.25) is 0 Å². The number of nitrogens with zero attached hydrogens (tertiary/aromatic N) is 1. The molecule has 102 valence electrons. The molecule has 2 amide bonds. The van der Waals surface area contributed by atoms with Gasteiger partial charge in [0.25, 0.3) is 0 Å². The van der Waals surface area contributed by atoms with Gasteiger partial charge in [0, 0.05) is 5.71 Å². The van der Waals surface area contributed by atoms with Gasteiger partial charge in [-0.15, -0.1) is 0 Å². The number of fused-ring (bicyclic) bond motifs is 1. The van der Waals surface area contributed by atoms with Crippen LogP contribution >= 0.6 is 0 Å².